The predicted octanol–water partition coefficient (Wildman–Crippen LogP) is 16.4. The molecule has 0 aliphatic rings. The zero-order valence-electron chi connectivity index (χ0n) is 40.6. The number of pyridine rings is 1. The fourth-order valence-electron chi connectivity index (χ4n) is 9.33. The summed E-state index contributed by atoms with van der Waals surface area (Å²) in [4.78, 5) is 9.92. The SMILES string of the molecule is CC(C)c1cc(-c2ccccc2)cc(C(C)C)c1-n1c(-c2[c-]ccc3c2oc2cc4c(cc23)oc2ccccc24)nc2ccccc21.[2H]C(C)(C)c1cc(-c2[c-]cccc2)nc[c]1[Ge]([CH3])([CH3])[CH3].[Ir]. The van der Waals surface area contributed by atoms with E-state index < -0.39 is 19.2 Å². The van der Waals surface area contributed by atoms with Gasteiger partial charge < -0.3 is 13.4 Å². The summed E-state index contributed by atoms with van der Waals surface area (Å²) in [7, 11) is 0. The van der Waals surface area contributed by atoms with E-state index in [-0.39, 0.29) is 31.9 Å². The molecule has 0 aliphatic heterocycles. The van der Waals surface area contributed by atoms with Crippen molar-refractivity contribution in [3.05, 3.63) is 181 Å². The Hall–Kier alpha value is -6.05. The van der Waals surface area contributed by atoms with Crippen LogP contribution in [0, 0.1) is 12.1 Å². The number of hydrogen-bond donors (Lipinski definition) is 0. The minimum Gasteiger partial charge on any atom is 0 e. The van der Waals surface area contributed by atoms with Crippen molar-refractivity contribution in [2.75, 3.05) is 0 Å². The summed E-state index contributed by atoms with van der Waals surface area (Å²) in [5, 5.41) is 4.16. The summed E-state index contributed by atoms with van der Waals surface area (Å²) in [5.41, 5.74) is 15.4. The van der Waals surface area contributed by atoms with Gasteiger partial charge in [-0.15, -0.1) is 18.2 Å². The van der Waals surface area contributed by atoms with E-state index in [0.29, 0.717) is 0 Å². The molecule has 337 valence electrons. The van der Waals surface area contributed by atoms with Gasteiger partial charge in [-0.05, 0) is 76.6 Å². The fourth-order valence-corrected chi connectivity index (χ4v) is 12.6. The first-order valence-electron chi connectivity index (χ1n) is 23.5. The first-order valence-corrected chi connectivity index (χ1v) is 30.4. The van der Waals surface area contributed by atoms with E-state index in [9.17, 15) is 0 Å². The molecule has 0 saturated heterocycles. The minimum atomic E-state index is -2.03. The third kappa shape index (κ3) is 8.61. The summed E-state index contributed by atoms with van der Waals surface area (Å²) < 4.78 is 25.1. The second-order valence-corrected chi connectivity index (χ2v) is 29.8. The van der Waals surface area contributed by atoms with Crippen LogP contribution in [0.2, 0.25) is 17.3 Å². The Kier molecular flexibility index (Phi) is 12.4. The Morgan fingerprint density at radius 2 is 1.25 bits per heavy atom. The average Bonchev–Trinajstić information content (AvgIpc) is 4.01. The first kappa shape index (κ1) is 44.8. The molecule has 7 aromatic carbocycles. The molecule has 11 rings (SSSR count). The van der Waals surface area contributed by atoms with Crippen molar-refractivity contribution in [3.8, 4) is 39.5 Å². The normalized spacial score (nSPS) is 12.3. The van der Waals surface area contributed by atoms with Gasteiger partial charge in [-0.1, -0.05) is 99.3 Å². The minimum absolute atomic E-state index is 0. The van der Waals surface area contributed by atoms with Gasteiger partial charge in [0.15, 0.2) is 0 Å². The number of hydrogen-bond acceptors (Lipinski definition) is 4. The first-order chi connectivity index (χ1) is 32.2. The molecule has 4 aromatic heterocycles. The quantitative estimate of drug-likeness (QED) is 0.112. The van der Waals surface area contributed by atoms with Crippen LogP contribution in [0.4, 0.5) is 0 Å². The second-order valence-electron chi connectivity index (χ2n) is 19.2. The van der Waals surface area contributed by atoms with Crippen molar-refractivity contribution >= 4 is 72.6 Å². The summed E-state index contributed by atoms with van der Waals surface area (Å²) in [5.74, 6) is 7.82. The summed E-state index contributed by atoms with van der Waals surface area (Å²) >= 11 is -2.03. The molecule has 7 heteroatoms. The van der Waals surface area contributed by atoms with Crippen molar-refractivity contribution in [2.24, 2.45) is 0 Å². The van der Waals surface area contributed by atoms with E-state index in [0.717, 1.165) is 83.1 Å². The van der Waals surface area contributed by atoms with Gasteiger partial charge in [-0.2, -0.15) is 0 Å². The van der Waals surface area contributed by atoms with Crippen molar-refractivity contribution in [1.29, 1.82) is 0 Å². The van der Waals surface area contributed by atoms with E-state index in [1.54, 1.807) is 0 Å². The molecule has 11 aromatic rings. The van der Waals surface area contributed by atoms with Crippen LogP contribution < -0.4 is 4.40 Å². The molecule has 0 N–H and O–H groups in total. The van der Waals surface area contributed by atoms with Crippen LogP contribution in [0.25, 0.3) is 94.4 Å². The molecular weight excluding hydrogens is 1060 g/mol. The number of benzene rings is 7. The number of fused-ring (bicyclic) bond motifs is 7. The maximum absolute atomic E-state index is 8.44. The Labute approximate surface area is 411 Å². The van der Waals surface area contributed by atoms with Crippen LogP contribution in [0.3, 0.4) is 0 Å². The van der Waals surface area contributed by atoms with Crippen molar-refractivity contribution in [1.82, 2.24) is 14.5 Å². The van der Waals surface area contributed by atoms with Crippen LogP contribution in [0.1, 0.15) is 77.3 Å². The monoisotopic (exact) mass is 1120 g/mol. The summed E-state index contributed by atoms with van der Waals surface area (Å²) in [6.07, 6.45) is 2.00. The van der Waals surface area contributed by atoms with Crippen molar-refractivity contribution in [2.45, 2.75) is 76.5 Å². The maximum atomic E-state index is 8.44. The van der Waals surface area contributed by atoms with E-state index in [2.05, 4.69) is 164 Å². The van der Waals surface area contributed by atoms with E-state index >= 15 is 0 Å². The summed E-state index contributed by atoms with van der Waals surface area (Å²) in [6.45, 7) is 13.0. The Bertz CT molecular complexity index is 3580. The number of imidazole rings is 1. The second kappa shape index (κ2) is 18.6. The largest absolute Gasteiger partial charge is 0 e. The molecule has 0 saturated carbocycles. The molecule has 5 nitrogen and oxygen atoms in total. The van der Waals surface area contributed by atoms with Gasteiger partial charge in [0.25, 0.3) is 0 Å². The molecule has 0 atom stereocenters. The van der Waals surface area contributed by atoms with E-state index in [1.165, 1.54) is 32.3 Å². The third-order valence-corrected chi connectivity index (χ3v) is 16.9. The van der Waals surface area contributed by atoms with Crippen molar-refractivity contribution in [3.63, 3.8) is 0 Å². The van der Waals surface area contributed by atoms with E-state index in [4.69, 9.17) is 15.2 Å². The third-order valence-electron chi connectivity index (χ3n) is 12.7. The van der Waals surface area contributed by atoms with Crippen LogP contribution in [0.15, 0.2) is 161 Å². The number of aromatic nitrogens is 3. The van der Waals surface area contributed by atoms with Gasteiger partial charge in [-0.25, -0.2) is 0 Å². The van der Waals surface area contributed by atoms with Crippen molar-refractivity contribution < 1.29 is 30.3 Å². The van der Waals surface area contributed by atoms with E-state index in [1.807, 2.05) is 68.6 Å². The zero-order chi connectivity index (χ0) is 46.8. The average molecular weight is 1120 g/mol. The number of para-hydroxylation sites is 3. The fraction of sp³-hybridized carbons (Fsp3) is 0.200. The molecule has 0 spiro atoms. The van der Waals surface area contributed by atoms with Gasteiger partial charge in [0.2, 0.25) is 0 Å². The van der Waals surface area contributed by atoms with Crippen LogP contribution in [-0.4, -0.2) is 27.8 Å². The van der Waals surface area contributed by atoms with Gasteiger partial charge in [0, 0.05) is 42.0 Å². The molecule has 67 heavy (non-hydrogen) atoms. The standard InChI is InChI=1S/C43H33N2O2.C17H22GeN.Ir/c1-25(2)32-21-28(27-13-6-5-7-14-27)22-33(26(3)4)41(32)45-37-19-10-9-18-36(37)44-43(45)31-17-12-16-30-35-24-39-34(23-40(35)47-42(30)31)29-15-8-11-20-38(29)46-39;1-13(2)15-11-17(14-9-7-6-8-10-14)19-12-16(15)18(3,4)5;/h5-16,18-26H,1-4H3;6-9,11-13H,1-5H3;/q2*-1;/i;13D;. The number of rotatable bonds is 8. The molecule has 0 aliphatic carbocycles. The van der Waals surface area contributed by atoms with Crippen LogP contribution in [0.5, 0.6) is 0 Å². The number of furan rings is 2. The van der Waals surface area contributed by atoms with Crippen LogP contribution in [-0.2, 0) is 20.1 Å². The van der Waals surface area contributed by atoms with Gasteiger partial charge in [-0.3, -0.25) is 4.98 Å². The Morgan fingerprint density at radius 3 is 1.94 bits per heavy atom. The Balaban J connectivity index is 0.000000232. The zero-order valence-corrected chi connectivity index (χ0v) is 44.1. The molecule has 0 amide bonds. The Morgan fingerprint density at radius 1 is 0.597 bits per heavy atom. The van der Waals surface area contributed by atoms with Gasteiger partial charge >= 0.3 is 120 Å². The molecule has 4 heterocycles. The smallest absolute Gasteiger partial charge is 0 e. The van der Waals surface area contributed by atoms with Gasteiger partial charge in [0.05, 0.1) is 22.4 Å². The summed E-state index contributed by atoms with van der Waals surface area (Å²) in [6, 6.07) is 57.0. The number of nitrogens with zero attached hydrogens (tertiary/aromatic N) is 3. The molecule has 0 unspecified atom stereocenters. The molecule has 0 fully saturated rings. The molecular formula is C60H55GeIrN3O2-2. The van der Waals surface area contributed by atoms with Crippen LogP contribution >= 0.6 is 0 Å². The van der Waals surface area contributed by atoms with Gasteiger partial charge in [0.1, 0.15) is 16.7 Å². The predicted molar refractivity (Wildman–Crippen MR) is 279 cm³/mol. The maximum Gasteiger partial charge on any atom is 0 e. The topological polar surface area (TPSA) is 57.0 Å². The molecule has 0 bridgehead atoms. The molecule has 1 radical (unpaired) electrons.